The molecule has 2 aliphatic heterocycles. The van der Waals surface area contributed by atoms with Gasteiger partial charge in [0.15, 0.2) is 6.10 Å². The van der Waals surface area contributed by atoms with Gasteiger partial charge in [-0.25, -0.2) is 4.79 Å². The minimum Gasteiger partial charge on any atom is -0.454 e. The lowest BCUT2D eigenvalue weighted by atomic mass is 9.85. The molecule has 1 saturated carbocycles. The summed E-state index contributed by atoms with van der Waals surface area (Å²) in [6.07, 6.45) is -1.44. The SMILES string of the molecule is O=C1C=C2CN(C(C(=O)OC3CC(F)(F)C3(F)F)c3cccc(Cl)c3Cl)CCC2S1. The Labute approximate surface area is 183 Å². The van der Waals surface area contributed by atoms with Crippen molar-refractivity contribution >= 4 is 46.0 Å². The van der Waals surface area contributed by atoms with Crippen LogP contribution in [0.5, 0.6) is 0 Å². The van der Waals surface area contributed by atoms with E-state index in [-0.39, 0.29) is 32.5 Å². The van der Waals surface area contributed by atoms with Gasteiger partial charge < -0.3 is 4.74 Å². The summed E-state index contributed by atoms with van der Waals surface area (Å²) in [6.45, 7) is 0.561. The van der Waals surface area contributed by atoms with Gasteiger partial charge in [-0.05, 0) is 24.1 Å². The Balaban J connectivity index is 1.63. The van der Waals surface area contributed by atoms with Gasteiger partial charge in [0.1, 0.15) is 6.04 Å². The Morgan fingerprint density at radius 2 is 2.00 bits per heavy atom. The third-order valence-electron chi connectivity index (χ3n) is 5.50. The number of benzene rings is 1. The smallest absolute Gasteiger partial charge is 0.346 e. The van der Waals surface area contributed by atoms with Crippen molar-refractivity contribution in [2.45, 2.75) is 42.1 Å². The summed E-state index contributed by atoms with van der Waals surface area (Å²) in [5.41, 5.74) is 1.02. The molecule has 3 unspecified atom stereocenters. The molecule has 4 rings (SSSR count). The molecule has 11 heteroatoms. The second kappa shape index (κ2) is 7.69. The number of hydrogen-bond acceptors (Lipinski definition) is 5. The number of nitrogens with zero attached hydrogens (tertiary/aromatic N) is 1. The lowest BCUT2D eigenvalue weighted by molar-refractivity contribution is -0.334. The number of likely N-dealkylation sites (tertiary alicyclic amines) is 1. The molecular formula is C19H15Cl2F4NO3S. The number of hydrogen-bond donors (Lipinski definition) is 0. The zero-order valence-corrected chi connectivity index (χ0v) is 17.5. The fourth-order valence-electron chi connectivity index (χ4n) is 3.83. The average Bonchev–Trinajstić information content (AvgIpc) is 3.04. The maximum atomic E-state index is 13.7. The molecule has 1 aromatic rings. The van der Waals surface area contributed by atoms with Crippen LogP contribution in [0.15, 0.2) is 29.8 Å². The van der Waals surface area contributed by atoms with Gasteiger partial charge in [-0.15, -0.1) is 0 Å². The predicted octanol–water partition coefficient (Wildman–Crippen LogP) is 4.89. The van der Waals surface area contributed by atoms with Crippen LogP contribution in [-0.4, -0.2) is 52.3 Å². The van der Waals surface area contributed by atoms with Crippen LogP contribution in [0.3, 0.4) is 0 Å². The average molecular weight is 484 g/mol. The summed E-state index contributed by atoms with van der Waals surface area (Å²) in [6, 6.07) is 3.31. The van der Waals surface area contributed by atoms with E-state index >= 15 is 0 Å². The standard InChI is InChI=1S/C19H15Cl2F4NO3S/c20-11-3-1-2-10(15(11)21)16(17(28)29-13-7-18(22,23)19(13,24)25)26-5-4-12-9(8-26)6-14(27)30-12/h1-3,6,12-13,16H,4-5,7-8H2. The van der Waals surface area contributed by atoms with Gasteiger partial charge in [0, 0.05) is 23.9 Å². The van der Waals surface area contributed by atoms with Crippen LogP contribution >= 0.6 is 35.0 Å². The molecule has 0 bridgehead atoms. The molecule has 0 spiro atoms. The Hall–Kier alpha value is -1.29. The lowest BCUT2D eigenvalue weighted by Crippen LogP contribution is -2.64. The van der Waals surface area contributed by atoms with Crippen LogP contribution in [0.4, 0.5) is 17.6 Å². The third-order valence-corrected chi connectivity index (χ3v) is 7.50. The zero-order chi connectivity index (χ0) is 21.8. The molecule has 1 saturated heterocycles. The predicted molar refractivity (Wildman–Crippen MR) is 104 cm³/mol. The number of ether oxygens (including phenoxy) is 1. The molecule has 3 atom stereocenters. The van der Waals surface area contributed by atoms with Gasteiger partial charge in [0.2, 0.25) is 5.12 Å². The van der Waals surface area contributed by atoms with Crippen molar-refractivity contribution in [1.82, 2.24) is 4.90 Å². The van der Waals surface area contributed by atoms with Crippen LogP contribution in [0.2, 0.25) is 10.0 Å². The number of piperidine rings is 1. The highest BCUT2D eigenvalue weighted by Crippen LogP contribution is 2.53. The summed E-state index contributed by atoms with van der Waals surface area (Å²) in [5.74, 6) is -9.77. The van der Waals surface area contributed by atoms with Gasteiger partial charge in [-0.1, -0.05) is 47.1 Å². The van der Waals surface area contributed by atoms with E-state index < -0.39 is 36.4 Å². The second-order valence-corrected chi connectivity index (χ2v) is 9.40. The van der Waals surface area contributed by atoms with E-state index in [0.717, 1.165) is 5.57 Å². The van der Waals surface area contributed by atoms with Crippen molar-refractivity contribution < 1.29 is 31.9 Å². The molecule has 1 aromatic carbocycles. The monoisotopic (exact) mass is 483 g/mol. The third kappa shape index (κ3) is 3.63. The first kappa shape index (κ1) is 21.9. The van der Waals surface area contributed by atoms with E-state index in [1.54, 1.807) is 4.90 Å². The number of esters is 1. The molecule has 0 aromatic heterocycles. The van der Waals surface area contributed by atoms with Gasteiger partial charge in [0.05, 0.1) is 16.5 Å². The molecule has 162 valence electrons. The number of fused-ring (bicyclic) bond motifs is 1. The van der Waals surface area contributed by atoms with Crippen molar-refractivity contribution in [2.75, 3.05) is 13.1 Å². The highest BCUT2D eigenvalue weighted by atomic mass is 35.5. The molecule has 2 heterocycles. The largest absolute Gasteiger partial charge is 0.454 e. The lowest BCUT2D eigenvalue weighted by Gasteiger charge is -2.44. The minimum atomic E-state index is -4.44. The van der Waals surface area contributed by atoms with Crippen LogP contribution in [0.25, 0.3) is 0 Å². The normalized spacial score (nSPS) is 28.3. The summed E-state index contributed by atoms with van der Waals surface area (Å²) in [7, 11) is 0. The summed E-state index contributed by atoms with van der Waals surface area (Å²) < 4.78 is 58.5. The van der Waals surface area contributed by atoms with Crippen LogP contribution < -0.4 is 0 Å². The molecule has 2 fully saturated rings. The van der Waals surface area contributed by atoms with Crippen molar-refractivity contribution in [3.05, 3.63) is 45.5 Å². The fourth-order valence-corrected chi connectivity index (χ4v) is 5.26. The number of carbonyl (C=O) groups excluding carboxylic acids is 2. The quantitative estimate of drug-likeness (QED) is 0.450. The molecule has 0 radical (unpaired) electrons. The molecule has 0 N–H and O–H groups in total. The number of halogens is 6. The first-order valence-electron chi connectivity index (χ1n) is 9.06. The van der Waals surface area contributed by atoms with Gasteiger partial charge in [0.25, 0.3) is 0 Å². The van der Waals surface area contributed by atoms with Crippen molar-refractivity contribution in [3.8, 4) is 0 Å². The van der Waals surface area contributed by atoms with Gasteiger partial charge >= 0.3 is 17.8 Å². The second-order valence-electron chi connectivity index (χ2n) is 7.41. The number of carbonyl (C=O) groups is 2. The molecule has 3 aliphatic rings. The van der Waals surface area contributed by atoms with E-state index in [2.05, 4.69) is 0 Å². The Morgan fingerprint density at radius 1 is 1.27 bits per heavy atom. The maximum Gasteiger partial charge on any atom is 0.346 e. The summed E-state index contributed by atoms with van der Waals surface area (Å²) in [4.78, 5) is 26.3. The minimum absolute atomic E-state index is 0.00471. The van der Waals surface area contributed by atoms with Crippen molar-refractivity contribution in [1.29, 1.82) is 0 Å². The highest BCUT2D eigenvalue weighted by molar-refractivity contribution is 8.15. The number of alkyl halides is 4. The van der Waals surface area contributed by atoms with Crippen LogP contribution in [0.1, 0.15) is 24.4 Å². The Kier molecular flexibility index (Phi) is 5.62. The van der Waals surface area contributed by atoms with Gasteiger partial charge in [-0.3, -0.25) is 9.69 Å². The van der Waals surface area contributed by atoms with E-state index in [1.807, 2.05) is 0 Å². The van der Waals surface area contributed by atoms with Crippen LogP contribution in [-0.2, 0) is 14.3 Å². The first-order valence-corrected chi connectivity index (χ1v) is 10.7. The highest BCUT2D eigenvalue weighted by Gasteiger charge is 2.74. The van der Waals surface area contributed by atoms with E-state index in [0.29, 0.717) is 13.0 Å². The topological polar surface area (TPSA) is 46.6 Å². The molecule has 30 heavy (non-hydrogen) atoms. The molecule has 0 amide bonds. The molecule has 1 aliphatic carbocycles. The van der Waals surface area contributed by atoms with Crippen molar-refractivity contribution in [3.63, 3.8) is 0 Å². The van der Waals surface area contributed by atoms with E-state index in [1.165, 1.54) is 36.0 Å². The maximum absolute atomic E-state index is 13.7. The number of thioether (sulfide) groups is 1. The molecule has 4 nitrogen and oxygen atoms in total. The summed E-state index contributed by atoms with van der Waals surface area (Å²) >= 11 is 13.5. The Morgan fingerprint density at radius 3 is 2.67 bits per heavy atom. The van der Waals surface area contributed by atoms with E-state index in [9.17, 15) is 27.2 Å². The summed E-state index contributed by atoms with van der Waals surface area (Å²) in [5, 5.41) is 0.0935. The van der Waals surface area contributed by atoms with Crippen molar-refractivity contribution in [2.24, 2.45) is 0 Å². The van der Waals surface area contributed by atoms with Gasteiger partial charge in [-0.2, -0.15) is 17.6 Å². The fraction of sp³-hybridized carbons (Fsp3) is 0.474. The first-order chi connectivity index (χ1) is 14.0. The van der Waals surface area contributed by atoms with E-state index in [4.69, 9.17) is 27.9 Å². The zero-order valence-electron chi connectivity index (χ0n) is 15.2. The van der Waals surface area contributed by atoms with Crippen LogP contribution in [0, 0.1) is 0 Å². The number of rotatable bonds is 4. The Bertz CT molecular complexity index is 942. The molecular weight excluding hydrogens is 469 g/mol.